The van der Waals surface area contributed by atoms with Crippen LogP contribution in [0.5, 0.6) is 5.75 Å². The molecule has 2 aliphatic rings. The van der Waals surface area contributed by atoms with Crippen molar-refractivity contribution < 1.29 is 33.0 Å². The summed E-state index contributed by atoms with van der Waals surface area (Å²) in [5.41, 5.74) is 3.67. The van der Waals surface area contributed by atoms with Crippen LogP contribution in [0.1, 0.15) is 37.8 Å². The Kier molecular flexibility index (Phi) is 6.40. The van der Waals surface area contributed by atoms with Crippen molar-refractivity contribution in [3.63, 3.8) is 0 Å². The van der Waals surface area contributed by atoms with E-state index in [0.29, 0.717) is 17.5 Å². The molecule has 5 rings (SSSR count). The molecular weight excluding hydrogens is 492 g/mol. The summed E-state index contributed by atoms with van der Waals surface area (Å²) >= 11 is 0. The summed E-state index contributed by atoms with van der Waals surface area (Å²) in [5, 5.41) is 0.386. The van der Waals surface area contributed by atoms with Crippen LogP contribution in [-0.2, 0) is 29.3 Å². The molecular formula is C28H26N2O8. The molecule has 196 valence electrons. The summed E-state index contributed by atoms with van der Waals surface area (Å²) in [4.78, 5) is 55.4. The Balaban J connectivity index is 1.84. The van der Waals surface area contributed by atoms with E-state index in [9.17, 15) is 19.2 Å². The molecule has 2 aromatic carbocycles. The zero-order chi connectivity index (χ0) is 27.0. The largest absolute Gasteiger partial charge is 0.465 e. The number of amides is 1. The van der Waals surface area contributed by atoms with Gasteiger partial charge < -0.3 is 24.4 Å². The average molecular weight is 519 g/mol. The van der Waals surface area contributed by atoms with E-state index >= 15 is 0 Å². The summed E-state index contributed by atoms with van der Waals surface area (Å²) in [6.45, 7) is 3.32. The van der Waals surface area contributed by atoms with Crippen molar-refractivity contribution in [1.29, 1.82) is 0 Å². The van der Waals surface area contributed by atoms with Crippen molar-refractivity contribution in [3.8, 4) is 5.75 Å². The molecule has 0 radical (unpaired) electrons. The fourth-order valence-electron chi connectivity index (χ4n) is 5.09. The standard InChI is InChI=1S/C28H26N2O8/c1-3-5-14-36-25(32)22-24(29)38-23-16-10-6-9-13-19(16)37-26(33)21(23)28(22)17-11-7-8-12-18(17)30(27(28)34)15-20(31)35-4-2/h6-13H,3-5,14-15,29H2,1-2H3/t28-/m1/s1. The second-order valence-corrected chi connectivity index (χ2v) is 8.88. The van der Waals surface area contributed by atoms with Crippen LogP contribution in [0.4, 0.5) is 5.69 Å². The second-order valence-electron chi connectivity index (χ2n) is 8.88. The van der Waals surface area contributed by atoms with Crippen molar-refractivity contribution in [1.82, 2.24) is 0 Å². The van der Waals surface area contributed by atoms with Crippen LogP contribution in [0.15, 0.2) is 69.2 Å². The predicted octanol–water partition coefficient (Wildman–Crippen LogP) is 2.89. The number of hydrogen-bond donors (Lipinski definition) is 1. The lowest BCUT2D eigenvalue weighted by molar-refractivity contribution is -0.142. The molecule has 0 fully saturated rings. The number of carbonyl (C=O) groups excluding carboxylic acids is 3. The van der Waals surface area contributed by atoms with Gasteiger partial charge in [-0.05, 0) is 31.5 Å². The van der Waals surface area contributed by atoms with E-state index in [4.69, 9.17) is 24.4 Å². The van der Waals surface area contributed by atoms with E-state index in [2.05, 4.69) is 0 Å². The molecule has 0 aliphatic carbocycles. The van der Waals surface area contributed by atoms with E-state index in [1.54, 1.807) is 55.5 Å². The predicted molar refractivity (Wildman–Crippen MR) is 136 cm³/mol. The summed E-state index contributed by atoms with van der Waals surface area (Å²) in [6.07, 6.45) is 1.34. The molecule has 0 bridgehead atoms. The number of fused-ring (bicyclic) bond motifs is 6. The van der Waals surface area contributed by atoms with Gasteiger partial charge >= 0.3 is 17.6 Å². The van der Waals surface area contributed by atoms with Crippen LogP contribution in [0.2, 0.25) is 0 Å². The zero-order valence-corrected chi connectivity index (χ0v) is 20.9. The molecule has 3 aromatic rings. The minimum absolute atomic E-state index is 0.000552. The lowest BCUT2D eigenvalue weighted by Crippen LogP contribution is -2.51. The fourth-order valence-corrected chi connectivity index (χ4v) is 5.09. The molecule has 1 spiro atoms. The number of carbonyl (C=O) groups is 3. The summed E-state index contributed by atoms with van der Waals surface area (Å²) in [6, 6.07) is 13.2. The molecule has 0 saturated carbocycles. The quantitative estimate of drug-likeness (QED) is 0.284. The Bertz CT molecular complexity index is 1560. The molecule has 2 aliphatic heterocycles. The number of rotatable bonds is 7. The van der Waals surface area contributed by atoms with Crippen molar-refractivity contribution in [2.45, 2.75) is 32.1 Å². The van der Waals surface area contributed by atoms with Crippen LogP contribution in [0.3, 0.4) is 0 Å². The number of para-hydroxylation sites is 2. The molecule has 2 N–H and O–H groups in total. The first kappa shape index (κ1) is 25.1. The average Bonchev–Trinajstić information content (AvgIpc) is 3.12. The van der Waals surface area contributed by atoms with E-state index in [1.165, 1.54) is 4.90 Å². The van der Waals surface area contributed by atoms with Crippen molar-refractivity contribution in [2.24, 2.45) is 5.73 Å². The molecule has 1 aromatic heterocycles. The molecule has 10 nitrogen and oxygen atoms in total. The minimum atomic E-state index is -2.07. The summed E-state index contributed by atoms with van der Waals surface area (Å²) in [5.74, 6) is -2.69. The second kappa shape index (κ2) is 9.70. The number of unbranched alkanes of at least 4 members (excludes halogenated alkanes) is 1. The Morgan fingerprint density at radius 1 is 1.03 bits per heavy atom. The van der Waals surface area contributed by atoms with E-state index in [1.807, 2.05) is 6.92 Å². The molecule has 0 saturated heterocycles. The zero-order valence-electron chi connectivity index (χ0n) is 20.9. The number of ether oxygens (including phenoxy) is 3. The first-order valence-electron chi connectivity index (χ1n) is 12.3. The monoisotopic (exact) mass is 518 g/mol. The molecule has 10 heteroatoms. The fraction of sp³-hybridized carbons (Fsp3) is 0.286. The Morgan fingerprint density at radius 2 is 1.76 bits per heavy atom. The van der Waals surface area contributed by atoms with Crippen LogP contribution in [0, 0.1) is 0 Å². The normalized spacial score (nSPS) is 17.8. The molecule has 0 unspecified atom stereocenters. The van der Waals surface area contributed by atoms with Gasteiger partial charge in [0.05, 0.1) is 18.6 Å². The van der Waals surface area contributed by atoms with Gasteiger partial charge in [0.15, 0.2) is 5.75 Å². The van der Waals surface area contributed by atoms with Gasteiger partial charge in [0.25, 0.3) is 0 Å². The van der Waals surface area contributed by atoms with Crippen molar-refractivity contribution >= 4 is 34.5 Å². The highest BCUT2D eigenvalue weighted by molar-refractivity contribution is 6.20. The number of anilines is 1. The van der Waals surface area contributed by atoms with Crippen LogP contribution in [-0.4, -0.2) is 37.6 Å². The van der Waals surface area contributed by atoms with Crippen molar-refractivity contribution in [2.75, 3.05) is 24.7 Å². The van der Waals surface area contributed by atoms with E-state index < -0.39 is 35.4 Å². The molecule has 3 heterocycles. The first-order valence-corrected chi connectivity index (χ1v) is 12.3. The number of benzene rings is 2. The van der Waals surface area contributed by atoms with Gasteiger partial charge in [-0.2, -0.15) is 0 Å². The Morgan fingerprint density at radius 3 is 2.53 bits per heavy atom. The minimum Gasteiger partial charge on any atom is -0.465 e. The Labute approximate surface area is 217 Å². The number of nitrogens with two attached hydrogens (primary N) is 1. The molecule has 38 heavy (non-hydrogen) atoms. The number of nitrogens with zero attached hydrogens (tertiary/aromatic N) is 1. The third-order valence-corrected chi connectivity index (χ3v) is 6.67. The maximum absolute atomic E-state index is 14.5. The van der Waals surface area contributed by atoms with Gasteiger partial charge in [0, 0.05) is 11.3 Å². The van der Waals surface area contributed by atoms with Crippen molar-refractivity contribution in [3.05, 3.63) is 81.5 Å². The van der Waals surface area contributed by atoms with Gasteiger partial charge in [0.1, 0.15) is 28.7 Å². The summed E-state index contributed by atoms with van der Waals surface area (Å²) in [7, 11) is 0. The Hall–Kier alpha value is -4.60. The third-order valence-electron chi connectivity index (χ3n) is 6.67. The lowest BCUT2D eigenvalue weighted by Gasteiger charge is -2.35. The first-order chi connectivity index (χ1) is 18.4. The van der Waals surface area contributed by atoms with E-state index in [-0.39, 0.29) is 47.1 Å². The van der Waals surface area contributed by atoms with E-state index in [0.717, 1.165) is 6.42 Å². The van der Waals surface area contributed by atoms with Gasteiger partial charge in [0.2, 0.25) is 11.8 Å². The van der Waals surface area contributed by atoms with Crippen LogP contribution in [0.25, 0.3) is 11.0 Å². The topological polar surface area (TPSA) is 138 Å². The highest BCUT2D eigenvalue weighted by atomic mass is 16.5. The summed E-state index contributed by atoms with van der Waals surface area (Å²) < 4.78 is 22.1. The smallest absolute Gasteiger partial charge is 0.345 e. The van der Waals surface area contributed by atoms with Gasteiger partial charge in [-0.3, -0.25) is 14.5 Å². The van der Waals surface area contributed by atoms with Gasteiger partial charge in [-0.15, -0.1) is 0 Å². The maximum Gasteiger partial charge on any atom is 0.345 e. The maximum atomic E-state index is 14.5. The molecule has 1 amide bonds. The SMILES string of the molecule is CCCCOC(=O)C1=C(N)Oc2c(c(=O)oc3ccccc23)[C@@]12C(=O)N(CC(=O)OCC)c1ccccc12. The number of esters is 2. The van der Waals surface area contributed by atoms with Gasteiger partial charge in [-0.1, -0.05) is 43.7 Å². The highest BCUT2D eigenvalue weighted by Crippen LogP contribution is 2.55. The lowest BCUT2D eigenvalue weighted by atomic mass is 9.68. The number of hydrogen-bond acceptors (Lipinski definition) is 9. The molecule has 1 atom stereocenters. The third kappa shape index (κ3) is 3.63. The highest BCUT2D eigenvalue weighted by Gasteiger charge is 2.63. The van der Waals surface area contributed by atoms with Crippen LogP contribution >= 0.6 is 0 Å². The van der Waals surface area contributed by atoms with Gasteiger partial charge in [-0.25, -0.2) is 9.59 Å². The van der Waals surface area contributed by atoms with Crippen LogP contribution < -0.4 is 21.0 Å².